The monoisotopic (exact) mass is 281 g/mol. The summed E-state index contributed by atoms with van der Waals surface area (Å²) in [7, 11) is 2.02. The van der Waals surface area contributed by atoms with Crippen LogP contribution in [0.2, 0.25) is 0 Å². The van der Waals surface area contributed by atoms with Gasteiger partial charge in [0.25, 0.3) is 0 Å². The summed E-state index contributed by atoms with van der Waals surface area (Å²) >= 11 is 6.06. The van der Waals surface area contributed by atoms with Crippen molar-refractivity contribution in [3.63, 3.8) is 0 Å². The van der Waals surface area contributed by atoms with E-state index < -0.39 is 0 Å². The van der Waals surface area contributed by atoms with Gasteiger partial charge in [-0.15, -0.1) is 11.6 Å². The predicted molar refractivity (Wildman–Crippen MR) is 79.1 cm³/mol. The highest BCUT2D eigenvalue weighted by molar-refractivity contribution is 6.17. The molecule has 0 amide bonds. The van der Waals surface area contributed by atoms with E-state index in [1.54, 1.807) is 0 Å². The Labute approximate surface area is 119 Å². The highest BCUT2D eigenvalue weighted by Crippen LogP contribution is 2.22. The van der Waals surface area contributed by atoms with Crippen molar-refractivity contribution in [1.29, 1.82) is 0 Å². The van der Waals surface area contributed by atoms with Gasteiger partial charge in [0.05, 0.1) is 24.3 Å². The molecule has 0 unspecified atom stereocenters. The van der Waals surface area contributed by atoms with Crippen LogP contribution in [0.15, 0.2) is 24.4 Å². The summed E-state index contributed by atoms with van der Waals surface area (Å²) in [5, 5.41) is 0. The number of hydrogen-bond acceptors (Lipinski definition) is 3. The maximum Gasteiger partial charge on any atom is 0.152 e. The maximum absolute atomic E-state index is 6.06. The largest absolute Gasteiger partial charge is 0.377 e. The zero-order valence-corrected chi connectivity index (χ0v) is 12.4. The van der Waals surface area contributed by atoms with E-state index >= 15 is 0 Å². The van der Waals surface area contributed by atoms with E-state index in [9.17, 15) is 0 Å². The molecular formula is C14H20ClN3O. The summed E-state index contributed by atoms with van der Waals surface area (Å²) in [5.41, 5.74) is 1.94. The first-order chi connectivity index (χ1) is 9.13. The average molecular weight is 282 g/mol. The fourth-order valence-electron chi connectivity index (χ4n) is 2.00. The molecule has 0 N–H and O–H groups in total. The quantitative estimate of drug-likeness (QED) is 0.763. The van der Waals surface area contributed by atoms with Crippen molar-refractivity contribution in [1.82, 2.24) is 9.38 Å². The molecule has 0 spiro atoms. The number of ether oxygens (including phenoxy) is 1. The van der Waals surface area contributed by atoms with Crippen LogP contribution in [0.1, 0.15) is 19.5 Å². The molecule has 104 valence electrons. The number of pyridine rings is 1. The van der Waals surface area contributed by atoms with Crippen molar-refractivity contribution in [3.8, 4) is 0 Å². The molecule has 4 nitrogen and oxygen atoms in total. The molecule has 0 aliphatic carbocycles. The van der Waals surface area contributed by atoms with E-state index in [2.05, 4.69) is 9.88 Å². The van der Waals surface area contributed by atoms with Gasteiger partial charge in [0.15, 0.2) is 5.82 Å². The number of imidazole rings is 1. The lowest BCUT2D eigenvalue weighted by Crippen LogP contribution is -2.25. The lowest BCUT2D eigenvalue weighted by atomic mass is 10.4. The van der Waals surface area contributed by atoms with Crippen LogP contribution in [0.4, 0.5) is 5.82 Å². The molecule has 5 heteroatoms. The molecule has 2 rings (SSSR count). The minimum Gasteiger partial charge on any atom is -0.377 e. The summed E-state index contributed by atoms with van der Waals surface area (Å²) in [5.74, 6) is 1.36. The summed E-state index contributed by atoms with van der Waals surface area (Å²) in [4.78, 5) is 6.72. The van der Waals surface area contributed by atoms with Gasteiger partial charge in [-0.1, -0.05) is 6.07 Å². The highest BCUT2D eigenvalue weighted by Gasteiger charge is 2.14. The number of alkyl halides is 1. The molecule has 19 heavy (non-hydrogen) atoms. The summed E-state index contributed by atoms with van der Waals surface area (Å²) in [6.07, 6.45) is 2.24. The first-order valence-electron chi connectivity index (χ1n) is 6.48. The zero-order chi connectivity index (χ0) is 13.8. The fraction of sp³-hybridized carbons (Fsp3) is 0.500. The Morgan fingerprint density at radius 2 is 2.21 bits per heavy atom. The van der Waals surface area contributed by atoms with Gasteiger partial charge in [0.1, 0.15) is 5.65 Å². The minimum absolute atomic E-state index is 0.252. The molecule has 2 aromatic rings. The Morgan fingerprint density at radius 3 is 2.89 bits per heavy atom. The number of rotatable bonds is 6. The smallest absolute Gasteiger partial charge is 0.152 e. The molecule has 0 bridgehead atoms. The van der Waals surface area contributed by atoms with Gasteiger partial charge in [0.2, 0.25) is 0 Å². The fourth-order valence-corrected chi connectivity index (χ4v) is 2.24. The van der Waals surface area contributed by atoms with Gasteiger partial charge in [0, 0.05) is 19.8 Å². The maximum atomic E-state index is 6.06. The summed E-state index contributed by atoms with van der Waals surface area (Å²) < 4.78 is 7.60. The van der Waals surface area contributed by atoms with Crippen LogP contribution in [0, 0.1) is 0 Å². The van der Waals surface area contributed by atoms with Crippen LogP contribution >= 0.6 is 11.6 Å². The molecule has 0 aliphatic heterocycles. The number of aromatic nitrogens is 2. The van der Waals surface area contributed by atoms with Crippen LogP contribution in [0.3, 0.4) is 0 Å². The normalized spacial score (nSPS) is 11.4. The highest BCUT2D eigenvalue weighted by atomic mass is 35.5. The van der Waals surface area contributed by atoms with Crippen LogP contribution in [-0.4, -0.2) is 35.7 Å². The van der Waals surface area contributed by atoms with E-state index in [0.29, 0.717) is 12.5 Å². The standard InChI is InChI=1S/C14H20ClN3O/c1-11(2)19-9-8-17(3)14-12(10-15)18-7-5-4-6-13(18)16-14/h4-7,11H,8-10H2,1-3H3. The topological polar surface area (TPSA) is 29.8 Å². The molecule has 0 radical (unpaired) electrons. The number of nitrogens with zero attached hydrogens (tertiary/aromatic N) is 3. The van der Waals surface area contributed by atoms with Crippen molar-refractivity contribution >= 4 is 23.1 Å². The minimum atomic E-state index is 0.252. The van der Waals surface area contributed by atoms with Crippen molar-refractivity contribution in [2.24, 2.45) is 0 Å². The van der Waals surface area contributed by atoms with E-state index in [1.165, 1.54) is 0 Å². The molecule has 0 aliphatic rings. The first-order valence-corrected chi connectivity index (χ1v) is 7.01. The van der Waals surface area contributed by atoms with Gasteiger partial charge in [-0.3, -0.25) is 0 Å². The third kappa shape index (κ3) is 3.19. The molecule has 0 aromatic carbocycles. The third-order valence-corrected chi connectivity index (χ3v) is 3.23. The number of anilines is 1. The predicted octanol–water partition coefficient (Wildman–Crippen LogP) is 2.93. The van der Waals surface area contributed by atoms with Crippen molar-refractivity contribution in [2.45, 2.75) is 25.8 Å². The number of likely N-dealkylation sites (N-methyl/N-ethyl adjacent to an activating group) is 1. The van der Waals surface area contributed by atoms with Gasteiger partial charge < -0.3 is 14.0 Å². The van der Waals surface area contributed by atoms with Crippen molar-refractivity contribution in [3.05, 3.63) is 30.1 Å². The van der Waals surface area contributed by atoms with E-state index in [0.717, 1.165) is 23.7 Å². The molecule has 0 saturated carbocycles. The van der Waals surface area contributed by atoms with Gasteiger partial charge in [-0.2, -0.15) is 0 Å². The van der Waals surface area contributed by atoms with Crippen LogP contribution in [0.25, 0.3) is 5.65 Å². The van der Waals surface area contributed by atoms with Crippen LogP contribution < -0.4 is 4.90 Å². The van der Waals surface area contributed by atoms with E-state index in [-0.39, 0.29) is 6.10 Å². The SMILES string of the molecule is CC(C)OCCN(C)c1nc2ccccn2c1CCl. The number of hydrogen-bond donors (Lipinski definition) is 0. The second-order valence-electron chi connectivity index (χ2n) is 4.79. The average Bonchev–Trinajstić information content (AvgIpc) is 2.76. The Bertz CT molecular complexity index is 538. The molecule has 0 atom stereocenters. The Hall–Kier alpha value is -1.26. The zero-order valence-electron chi connectivity index (χ0n) is 11.6. The number of fused-ring (bicyclic) bond motifs is 1. The van der Waals surface area contributed by atoms with Crippen LogP contribution in [-0.2, 0) is 10.6 Å². The van der Waals surface area contributed by atoms with Crippen molar-refractivity contribution in [2.75, 3.05) is 25.1 Å². The van der Waals surface area contributed by atoms with Crippen molar-refractivity contribution < 1.29 is 4.74 Å². The molecular weight excluding hydrogens is 262 g/mol. The lowest BCUT2D eigenvalue weighted by Gasteiger charge is -2.18. The molecule has 0 saturated heterocycles. The second kappa shape index (κ2) is 6.26. The van der Waals surface area contributed by atoms with Gasteiger partial charge in [-0.05, 0) is 26.0 Å². The first kappa shape index (κ1) is 14.2. The van der Waals surface area contributed by atoms with Gasteiger partial charge in [-0.25, -0.2) is 4.98 Å². The second-order valence-corrected chi connectivity index (χ2v) is 5.05. The van der Waals surface area contributed by atoms with Gasteiger partial charge >= 0.3 is 0 Å². The third-order valence-electron chi connectivity index (χ3n) is 2.97. The molecule has 2 aromatic heterocycles. The summed E-state index contributed by atoms with van der Waals surface area (Å²) in [6, 6.07) is 5.94. The Balaban J connectivity index is 2.19. The van der Waals surface area contributed by atoms with Crippen LogP contribution in [0.5, 0.6) is 0 Å². The lowest BCUT2D eigenvalue weighted by molar-refractivity contribution is 0.0845. The number of halogens is 1. The van der Waals surface area contributed by atoms with E-state index in [1.807, 2.05) is 49.7 Å². The molecule has 2 heterocycles. The Morgan fingerprint density at radius 1 is 1.42 bits per heavy atom. The Kier molecular flexibility index (Phi) is 4.66. The molecule has 0 fully saturated rings. The van der Waals surface area contributed by atoms with E-state index in [4.69, 9.17) is 16.3 Å². The summed E-state index contributed by atoms with van der Waals surface area (Å²) in [6.45, 7) is 5.56.